The molecule has 3 rings (SSSR count). The van der Waals surface area contributed by atoms with Crippen LogP contribution in [0.5, 0.6) is 5.75 Å². The zero-order chi connectivity index (χ0) is 17.9. The zero-order valence-electron chi connectivity index (χ0n) is 13.7. The maximum absolute atomic E-state index is 12.1. The molecule has 1 amide bonds. The summed E-state index contributed by atoms with van der Waals surface area (Å²) >= 11 is 0. The SMILES string of the molecule is Cl.O=C(Cc1ccc(OC(F)(F)F)cc1)NCc1ccc2c(c1)CNC2. The van der Waals surface area contributed by atoms with E-state index in [0.717, 1.165) is 18.7 Å². The molecule has 1 aliphatic heterocycles. The van der Waals surface area contributed by atoms with Gasteiger partial charge in [-0.1, -0.05) is 30.3 Å². The number of benzene rings is 2. The molecule has 0 saturated heterocycles. The fourth-order valence-corrected chi connectivity index (χ4v) is 2.72. The average molecular weight is 387 g/mol. The maximum atomic E-state index is 12.1. The number of nitrogens with one attached hydrogen (secondary N) is 2. The van der Waals surface area contributed by atoms with Crippen molar-refractivity contribution in [2.75, 3.05) is 0 Å². The van der Waals surface area contributed by atoms with Gasteiger partial charge in [-0.2, -0.15) is 0 Å². The Balaban J connectivity index is 0.00000243. The number of fused-ring (bicyclic) bond motifs is 1. The Morgan fingerprint density at radius 2 is 1.69 bits per heavy atom. The van der Waals surface area contributed by atoms with Gasteiger partial charge in [0, 0.05) is 19.6 Å². The first-order valence-corrected chi connectivity index (χ1v) is 7.82. The molecule has 140 valence electrons. The van der Waals surface area contributed by atoms with Gasteiger partial charge in [0.1, 0.15) is 5.75 Å². The molecule has 0 unspecified atom stereocenters. The highest BCUT2D eigenvalue weighted by Crippen LogP contribution is 2.23. The van der Waals surface area contributed by atoms with Gasteiger partial charge in [0.25, 0.3) is 0 Å². The quantitative estimate of drug-likeness (QED) is 0.827. The van der Waals surface area contributed by atoms with Gasteiger partial charge >= 0.3 is 6.36 Å². The molecule has 0 spiro atoms. The standard InChI is InChI=1S/C18H17F3N2O2.ClH/c19-18(20,21)25-16-5-2-12(3-6-16)8-17(24)23-9-13-1-4-14-10-22-11-15(14)7-13;/h1-7,22H,8-11H2,(H,23,24);1H. The molecule has 0 aromatic heterocycles. The summed E-state index contributed by atoms with van der Waals surface area (Å²) < 4.78 is 40.1. The van der Waals surface area contributed by atoms with Crippen LogP contribution in [0, 0.1) is 0 Å². The lowest BCUT2D eigenvalue weighted by atomic mass is 10.1. The first kappa shape index (κ1) is 20.1. The van der Waals surface area contributed by atoms with Gasteiger partial charge < -0.3 is 15.4 Å². The third-order valence-corrected chi connectivity index (χ3v) is 3.91. The summed E-state index contributed by atoms with van der Waals surface area (Å²) in [5.74, 6) is -0.494. The molecule has 0 saturated carbocycles. The van der Waals surface area contributed by atoms with Crippen molar-refractivity contribution in [3.8, 4) is 5.75 Å². The summed E-state index contributed by atoms with van der Waals surface area (Å²) in [7, 11) is 0. The van der Waals surface area contributed by atoms with E-state index < -0.39 is 6.36 Å². The van der Waals surface area contributed by atoms with Gasteiger partial charge in [-0.05, 0) is 34.4 Å². The summed E-state index contributed by atoms with van der Waals surface area (Å²) in [6, 6.07) is 11.4. The third kappa shape index (κ3) is 5.64. The maximum Gasteiger partial charge on any atom is 0.573 e. The van der Waals surface area contributed by atoms with Gasteiger partial charge in [0.2, 0.25) is 5.91 Å². The lowest BCUT2D eigenvalue weighted by Gasteiger charge is -2.10. The minimum atomic E-state index is -4.72. The summed E-state index contributed by atoms with van der Waals surface area (Å²) in [5, 5.41) is 6.08. The number of rotatable bonds is 5. The smallest absolute Gasteiger partial charge is 0.406 e. The number of carbonyl (C=O) groups excluding carboxylic acids is 1. The Morgan fingerprint density at radius 3 is 2.38 bits per heavy atom. The summed E-state index contributed by atoms with van der Waals surface area (Å²) in [6.07, 6.45) is -4.62. The molecule has 8 heteroatoms. The molecule has 0 bridgehead atoms. The van der Waals surface area contributed by atoms with Crippen molar-refractivity contribution in [2.45, 2.75) is 32.4 Å². The average Bonchev–Trinajstić information content (AvgIpc) is 3.01. The van der Waals surface area contributed by atoms with E-state index >= 15 is 0 Å². The molecular weight excluding hydrogens is 369 g/mol. The number of hydrogen-bond acceptors (Lipinski definition) is 3. The lowest BCUT2D eigenvalue weighted by Crippen LogP contribution is -2.24. The highest BCUT2D eigenvalue weighted by atomic mass is 35.5. The molecule has 0 radical (unpaired) electrons. The van der Waals surface area contributed by atoms with E-state index in [2.05, 4.69) is 27.5 Å². The monoisotopic (exact) mass is 386 g/mol. The van der Waals surface area contributed by atoms with Gasteiger partial charge in [-0.25, -0.2) is 0 Å². The number of ether oxygens (including phenoxy) is 1. The second-order valence-corrected chi connectivity index (χ2v) is 5.85. The van der Waals surface area contributed by atoms with Crippen LogP contribution >= 0.6 is 12.4 Å². The van der Waals surface area contributed by atoms with Crippen LogP contribution in [0.2, 0.25) is 0 Å². The number of amides is 1. The fourth-order valence-electron chi connectivity index (χ4n) is 2.72. The second kappa shape index (κ2) is 8.42. The first-order chi connectivity index (χ1) is 11.9. The molecule has 0 fully saturated rings. The number of hydrogen-bond donors (Lipinski definition) is 2. The minimum absolute atomic E-state index is 0. The van der Waals surface area contributed by atoms with Gasteiger partial charge in [0.15, 0.2) is 0 Å². The second-order valence-electron chi connectivity index (χ2n) is 5.85. The lowest BCUT2D eigenvalue weighted by molar-refractivity contribution is -0.274. The van der Waals surface area contributed by atoms with Crippen LogP contribution in [0.3, 0.4) is 0 Å². The Labute approximate surface area is 155 Å². The van der Waals surface area contributed by atoms with Crippen molar-refractivity contribution in [1.29, 1.82) is 0 Å². The highest BCUT2D eigenvalue weighted by Gasteiger charge is 2.30. The molecule has 4 nitrogen and oxygen atoms in total. The van der Waals surface area contributed by atoms with Crippen LogP contribution in [-0.2, 0) is 30.8 Å². The summed E-state index contributed by atoms with van der Waals surface area (Å²) in [4.78, 5) is 12.0. The topological polar surface area (TPSA) is 50.4 Å². The zero-order valence-corrected chi connectivity index (χ0v) is 14.5. The molecule has 0 atom stereocenters. The van der Waals surface area contributed by atoms with E-state index in [0.29, 0.717) is 12.1 Å². The van der Waals surface area contributed by atoms with Crippen LogP contribution in [0.4, 0.5) is 13.2 Å². The fraction of sp³-hybridized carbons (Fsp3) is 0.278. The Hall–Kier alpha value is -2.25. The van der Waals surface area contributed by atoms with Gasteiger partial charge in [-0.3, -0.25) is 4.79 Å². The van der Waals surface area contributed by atoms with Crippen molar-refractivity contribution in [2.24, 2.45) is 0 Å². The van der Waals surface area contributed by atoms with Crippen molar-refractivity contribution in [3.63, 3.8) is 0 Å². The van der Waals surface area contributed by atoms with E-state index in [4.69, 9.17) is 0 Å². The van der Waals surface area contributed by atoms with E-state index in [9.17, 15) is 18.0 Å². The van der Waals surface area contributed by atoms with E-state index in [1.807, 2.05) is 6.07 Å². The Morgan fingerprint density at radius 1 is 1.04 bits per heavy atom. The number of carbonyl (C=O) groups is 1. The van der Waals surface area contributed by atoms with E-state index in [1.165, 1.54) is 35.4 Å². The van der Waals surface area contributed by atoms with Crippen LogP contribution < -0.4 is 15.4 Å². The molecule has 1 heterocycles. The van der Waals surface area contributed by atoms with E-state index in [-0.39, 0.29) is 30.5 Å². The van der Waals surface area contributed by atoms with Crippen LogP contribution in [0.15, 0.2) is 42.5 Å². The summed E-state index contributed by atoms with van der Waals surface area (Å²) in [5.41, 5.74) is 4.15. The number of halogens is 4. The molecular formula is C18H18ClF3N2O2. The molecule has 2 aromatic rings. The summed E-state index contributed by atoms with van der Waals surface area (Å²) in [6.45, 7) is 2.13. The van der Waals surface area contributed by atoms with Crippen LogP contribution in [0.1, 0.15) is 22.3 Å². The Bertz CT molecular complexity index is 764. The van der Waals surface area contributed by atoms with Crippen molar-refractivity contribution < 1.29 is 22.7 Å². The third-order valence-electron chi connectivity index (χ3n) is 3.91. The first-order valence-electron chi connectivity index (χ1n) is 7.82. The molecule has 0 aliphatic carbocycles. The van der Waals surface area contributed by atoms with Crippen LogP contribution in [0.25, 0.3) is 0 Å². The normalized spacial score (nSPS) is 12.9. The highest BCUT2D eigenvalue weighted by molar-refractivity contribution is 5.85. The molecule has 26 heavy (non-hydrogen) atoms. The minimum Gasteiger partial charge on any atom is -0.406 e. The van der Waals surface area contributed by atoms with Crippen molar-refractivity contribution in [1.82, 2.24) is 10.6 Å². The van der Waals surface area contributed by atoms with Crippen molar-refractivity contribution >= 4 is 18.3 Å². The van der Waals surface area contributed by atoms with Crippen molar-refractivity contribution in [3.05, 3.63) is 64.7 Å². The van der Waals surface area contributed by atoms with Gasteiger partial charge in [-0.15, -0.1) is 25.6 Å². The molecule has 2 aromatic carbocycles. The van der Waals surface area contributed by atoms with Gasteiger partial charge in [0.05, 0.1) is 6.42 Å². The Kier molecular flexibility index (Phi) is 6.50. The molecule has 1 aliphatic rings. The van der Waals surface area contributed by atoms with E-state index in [1.54, 1.807) is 0 Å². The van der Waals surface area contributed by atoms with Crippen LogP contribution in [-0.4, -0.2) is 12.3 Å². The predicted octanol–water partition coefficient (Wildman–Crippen LogP) is 3.47. The predicted molar refractivity (Wildman–Crippen MR) is 92.9 cm³/mol. The largest absolute Gasteiger partial charge is 0.573 e. The molecule has 2 N–H and O–H groups in total. The number of alkyl halides is 3.